The van der Waals surface area contributed by atoms with Crippen LogP contribution in [0, 0.1) is 6.92 Å². The SMILES string of the molecule is CCN(Cc1ccccc1)c1cc(Br)nc(C)n1. The number of rotatable bonds is 4. The number of halogens is 1. The summed E-state index contributed by atoms with van der Waals surface area (Å²) in [6.07, 6.45) is 0. The standard InChI is InChI=1S/C14H16BrN3/c1-3-18(10-12-7-5-4-6-8-12)14-9-13(15)16-11(2)17-14/h4-9H,3,10H2,1-2H3. The minimum Gasteiger partial charge on any atom is -0.352 e. The van der Waals surface area contributed by atoms with E-state index in [4.69, 9.17) is 0 Å². The summed E-state index contributed by atoms with van der Waals surface area (Å²) in [5, 5.41) is 0. The quantitative estimate of drug-likeness (QED) is 0.809. The van der Waals surface area contributed by atoms with Gasteiger partial charge in [-0.25, -0.2) is 9.97 Å². The second kappa shape index (κ2) is 5.96. The van der Waals surface area contributed by atoms with E-state index >= 15 is 0 Å². The summed E-state index contributed by atoms with van der Waals surface area (Å²) < 4.78 is 0.830. The first-order valence-corrected chi connectivity index (χ1v) is 6.78. The molecule has 3 nitrogen and oxygen atoms in total. The molecule has 1 aromatic heterocycles. The molecule has 0 bridgehead atoms. The Morgan fingerprint density at radius 3 is 2.50 bits per heavy atom. The molecule has 1 aromatic carbocycles. The summed E-state index contributed by atoms with van der Waals surface area (Å²) in [6, 6.07) is 12.4. The molecule has 2 aromatic rings. The van der Waals surface area contributed by atoms with Gasteiger partial charge in [0.25, 0.3) is 0 Å². The Labute approximate surface area is 116 Å². The van der Waals surface area contributed by atoms with Crippen LogP contribution < -0.4 is 4.90 Å². The van der Waals surface area contributed by atoms with Crippen molar-refractivity contribution in [1.82, 2.24) is 9.97 Å². The predicted octanol–water partition coefficient (Wildman–Crippen LogP) is 3.57. The average Bonchev–Trinajstić information content (AvgIpc) is 2.36. The summed E-state index contributed by atoms with van der Waals surface area (Å²) in [4.78, 5) is 11.0. The monoisotopic (exact) mass is 305 g/mol. The van der Waals surface area contributed by atoms with E-state index in [1.54, 1.807) is 0 Å². The lowest BCUT2D eigenvalue weighted by molar-refractivity contribution is 0.802. The van der Waals surface area contributed by atoms with E-state index in [0.717, 1.165) is 29.3 Å². The fourth-order valence-corrected chi connectivity index (χ4v) is 2.30. The first kappa shape index (κ1) is 13.0. The van der Waals surface area contributed by atoms with Gasteiger partial charge in [-0.2, -0.15) is 0 Å². The van der Waals surface area contributed by atoms with E-state index in [9.17, 15) is 0 Å². The van der Waals surface area contributed by atoms with Crippen molar-refractivity contribution in [2.24, 2.45) is 0 Å². The van der Waals surface area contributed by atoms with E-state index in [-0.39, 0.29) is 0 Å². The molecule has 0 N–H and O–H groups in total. The molecule has 0 spiro atoms. The smallest absolute Gasteiger partial charge is 0.133 e. The maximum Gasteiger partial charge on any atom is 0.133 e. The summed E-state index contributed by atoms with van der Waals surface area (Å²) in [5.74, 6) is 1.74. The summed E-state index contributed by atoms with van der Waals surface area (Å²) in [6.45, 7) is 5.82. The molecule has 2 rings (SSSR count). The van der Waals surface area contributed by atoms with Crippen LogP contribution >= 0.6 is 15.9 Å². The fourth-order valence-electron chi connectivity index (χ4n) is 1.84. The van der Waals surface area contributed by atoms with Crippen molar-refractivity contribution < 1.29 is 0 Å². The highest BCUT2D eigenvalue weighted by molar-refractivity contribution is 9.10. The van der Waals surface area contributed by atoms with Crippen LogP contribution in [0.25, 0.3) is 0 Å². The fraction of sp³-hybridized carbons (Fsp3) is 0.286. The van der Waals surface area contributed by atoms with E-state index in [0.29, 0.717) is 0 Å². The minimum atomic E-state index is 0.783. The Bertz CT molecular complexity index is 493. The molecule has 0 fully saturated rings. The molecule has 1 heterocycles. The van der Waals surface area contributed by atoms with Gasteiger partial charge in [0, 0.05) is 19.2 Å². The van der Waals surface area contributed by atoms with Gasteiger partial charge < -0.3 is 4.90 Å². The summed E-state index contributed by atoms with van der Waals surface area (Å²) >= 11 is 3.42. The number of aromatic nitrogens is 2. The highest BCUT2D eigenvalue weighted by atomic mass is 79.9. The Balaban J connectivity index is 2.23. The third kappa shape index (κ3) is 3.29. The highest BCUT2D eigenvalue weighted by Crippen LogP contribution is 2.18. The van der Waals surface area contributed by atoms with Crippen LogP contribution in [-0.4, -0.2) is 16.5 Å². The molecule has 0 aliphatic carbocycles. The Kier molecular flexibility index (Phi) is 4.31. The zero-order chi connectivity index (χ0) is 13.0. The third-order valence-corrected chi connectivity index (χ3v) is 3.12. The van der Waals surface area contributed by atoms with Crippen molar-refractivity contribution in [2.75, 3.05) is 11.4 Å². The number of aryl methyl sites for hydroxylation is 1. The molecule has 94 valence electrons. The van der Waals surface area contributed by atoms with Gasteiger partial charge in [0.15, 0.2) is 0 Å². The van der Waals surface area contributed by atoms with Gasteiger partial charge >= 0.3 is 0 Å². The topological polar surface area (TPSA) is 29.0 Å². The normalized spacial score (nSPS) is 10.4. The number of benzene rings is 1. The van der Waals surface area contributed by atoms with Crippen LogP contribution in [0.15, 0.2) is 41.0 Å². The first-order chi connectivity index (χ1) is 8.69. The van der Waals surface area contributed by atoms with Crippen LogP contribution in [-0.2, 0) is 6.54 Å². The van der Waals surface area contributed by atoms with Crippen LogP contribution in [0.4, 0.5) is 5.82 Å². The van der Waals surface area contributed by atoms with Gasteiger partial charge in [0.1, 0.15) is 16.2 Å². The molecule has 0 aliphatic heterocycles. The second-order valence-electron chi connectivity index (χ2n) is 4.10. The lowest BCUT2D eigenvalue weighted by Crippen LogP contribution is -2.23. The lowest BCUT2D eigenvalue weighted by atomic mass is 10.2. The van der Waals surface area contributed by atoms with Crippen LogP contribution in [0.5, 0.6) is 0 Å². The van der Waals surface area contributed by atoms with E-state index in [1.165, 1.54) is 5.56 Å². The van der Waals surface area contributed by atoms with Crippen molar-refractivity contribution >= 4 is 21.7 Å². The number of nitrogens with zero attached hydrogens (tertiary/aromatic N) is 3. The van der Waals surface area contributed by atoms with Crippen molar-refractivity contribution in [3.63, 3.8) is 0 Å². The number of anilines is 1. The Morgan fingerprint density at radius 2 is 1.89 bits per heavy atom. The number of hydrogen-bond acceptors (Lipinski definition) is 3. The minimum absolute atomic E-state index is 0.783. The molecule has 0 unspecified atom stereocenters. The molecule has 0 atom stereocenters. The molecule has 0 amide bonds. The van der Waals surface area contributed by atoms with Gasteiger partial charge in [0.2, 0.25) is 0 Å². The Morgan fingerprint density at radius 1 is 1.17 bits per heavy atom. The molecule has 4 heteroatoms. The maximum atomic E-state index is 4.49. The molecule has 0 radical (unpaired) electrons. The Hall–Kier alpha value is -1.42. The van der Waals surface area contributed by atoms with E-state index < -0.39 is 0 Å². The average molecular weight is 306 g/mol. The molecular weight excluding hydrogens is 290 g/mol. The molecule has 0 saturated carbocycles. The molecule has 18 heavy (non-hydrogen) atoms. The van der Waals surface area contributed by atoms with Crippen molar-refractivity contribution in [1.29, 1.82) is 0 Å². The maximum absolute atomic E-state index is 4.49. The van der Waals surface area contributed by atoms with Gasteiger partial charge in [-0.05, 0) is 35.3 Å². The highest BCUT2D eigenvalue weighted by Gasteiger charge is 2.08. The van der Waals surface area contributed by atoms with Crippen molar-refractivity contribution in [3.8, 4) is 0 Å². The predicted molar refractivity (Wildman–Crippen MR) is 77.6 cm³/mol. The third-order valence-electron chi connectivity index (χ3n) is 2.72. The van der Waals surface area contributed by atoms with Crippen molar-refractivity contribution in [3.05, 3.63) is 52.4 Å². The largest absolute Gasteiger partial charge is 0.352 e. The van der Waals surface area contributed by atoms with Crippen LogP contribution in [0.3, 0.4) is 0 Å². The van der Waals surface area contributed by atoms with Gasteiger partial charge in [0.05, 0.1) is 0 Å². The lowest BCUT2D eigenvalue weighted by Gasteiger charge is -2.22. The summed E-state index contributed by atoms with van der Waals surface area (Å²) in [5.41, 5.74) is 1.28. The zero-order valence-electron chi connectivity index (χ0n) is 10.6. The number of hydrogen-bond donors (Lipinski definition) is 0. The summed E-state index contributed by atoms with van der Waals surface area (Å²) in [7, 11) is 0. The van der Waals surface area contributed by atoms with Gasteiger partial charge in [-0.3, -0.25) is 0 Å². The van der Waals surface area contributed by atoms with E-state index in [1.807, 2.05) is 19.1 Å². The van der Waals surface area contributed by atoms with Crippen molar-refractivity contribution in [2.45, 2.75) is 20.4 Å². The molecular formula is C14H16BrN3. The second-order valence-corrected chi connectivity index (χ2v) is 4.91. The van der Waals surface area contributed by atoms with Gasteiger partial charge in [-0.15, -0.1) is 0 Å². The van der Waals surface area contributed by atoms with Crippen LogP contribution in [0.1, 0.15) is 18.3 Å². The molecule has 0 saturated heterocycles. The van der Waals surface area contributed by atoms with Crippen LogP contribution in [0.2, 0.25) is 0 Å². The zero-order valence-corrected chi connectivity index (χ0v) is 12.2. The van der Waals surface area contributed by atoms with Gasteiger partial charge in [-0.1, -0.05) is 30.3 Å². The van der Waals surface area contributed by atoms with E-state index in [2.05, 4.69) is 62.0 Å². The molecule has 0 aliphatic rings. The first-order valence-electron chi connectivity index (χ1n) is 5.99.